The zero-order valence-corrected chi connectivity index (χ0v) is 9.81. The normalized spacial score (nSPS) is 11.4. The van der Waals surface area contributed by atoms with Crippen molar-refractivity contribution < 1.29 is 4.79 Å². The molecule has 0 saturated heterocycles. The fraction of sp³-hybridized carbons (Fsp3) is 0.700. The Morgan fingerprint density at radius 2 is 2.19 bits per heavy atom. The molecule has 0 saturated carbocycles. The molecule has 0 bridgehead atoms. The number of hydrogen-bond donors (Lipinski definition) is 2. The maximum atomic E-state index is 11.5. The maximum absolute atomic E-state index is 11.5. The van der Waals surface area contributed by atoms with Gasteiger partial charge in [-0.1, -0.05) is 13.8 Å². The van der Waals surface area contributed by atoms with Gasteiger partial charge in [-0.2, -0.15) is 5.10 Å². The van der Waals surface area contributed by atoms with E-state index in [-0.39, 0.29) is 18.0 Å². The van der Waals surface area contributed by atoms with Crippen molar-refractivity contribution in [2.24, 2.45) is 5.73 Å². The van der Waals surface area contributed by atoms with Gasteiger partial charge in [-0.3, -0.25) is 4.79 Å². The zero-order valence-electron chi connectivity index (χ0n) is 9.81. The molecule has 6 nitrogen and oxygen atoms in total. The molecule has 0 radical (unpaired) electrons. The van der Waals surface area contributed by atoms with Crippen LogP contribution in [0.2, 0.25) is 0 Å². The van der Waals surface area contributed by atoms with Crippen LogP contribution in [-0.2, 0) is 11.3 Å². The number of rotatable bonds is 6. The minimum Gasteiger partial charge on any atom is -0.353 e. The SMILES string of the molecule is CCC(N)(CC)CNC(=O)Cn1cncn1. The maximum Gasteiger partial charge on any atom is 0.241 e. The van der Waals surface area contributed by atoms with Crippen molar-refractivity contribution in [2.45, 2.75) is 38.8 Å². The highest BCUT2D eigenvalue weighted by Crippen LogP contribution is 2.09. The molecular weight excluding hydrogens is 206 g/mol. The number of nitrogens with two attached hydrogens (primary N) is 1. The topological polar surface area (TPSA) is 85.8 Å². The van der Waals surface area contributed by atoms with E-state index in [2.05, 4.69) is 15.4 Å². The van der Waals surface area contributed by atoms with Crippen LogP contribution in [0.15, 0.2) is 12.7 Å². The summed E-state index contributed by atoms with van der Waals surface area (Å²) in [6.07, 6.45) is 4.59. The van der Waals surface area contributed by atoms with Crippen LogP contribution in [0.3, 0.4) is 0 Å². The minimum absolute atomic E-state index is 0.0952. The first-order valence-electron chi connectivity index (χ1n) is 5.47. The fourth-order valence-corrected chi connectivity index (χ4v) is 1.29. The van der Waals surface area contributed by atoms with Crippen LogP contribution in [0.4, 0.5) is 0 Å². The molecule has 0 aliphatic heterocycles. The van der Waals surface area contributed by atoms with Crippen LogP contribution >= 0.6 is 0 Å². The van der Waals surface area contributed by atoms with E-state index in [0.717, 1.165) is 12.8 Å². The smallest absolute Gasteiger partial charge is 0.241 e. The Bertz CT molecular complexity index is 318. The average Bonchev–Trinajstić information content (AvgIpc) is 2.79. The van der Waals surface area contributed by atoms with Crippen LogP contribution in [0.25, 0.3) is 0 Å². The van der Waals surface area contributed by atoms with E-state index < -0.39 is 0 Å². The summed E-state index contributed by atoms with van der Waals surface area (Å²) in [4.78, 5) is 15.3. The Labute approximate surface area is 95.2 Å². The molecule has 0 atom stereocenters. The lowest BCUT2D eigenvalue weighted by atomic mass is 9.94. The van der Waals surface area contributed by atoms with Gasteiger partial charge in [0.15, 0.2) is 0 Å². The Kier molecular flexibility index (Phi) is 4.42. The summed E-state index contributed by atoms with van der Waals surface area (Å²) < 4.78 is 1.48. The summed E-state index contributed by atoms with van der Waals surface area (Å²) in [5.74, 6) is -0.0952. The lowest BCUT2D eigenvalue weighted by Gasteiger charge is -2.26. The number of carbonyl (C=O) groups is 1. The molecule has 0 fully saturated rings. The van der Waals surface area contributed by atoms with E-state index in [4.69, 9.17) is 5.73 Å². The van der Waals surface area contributed by atoms with Gasteiger partial charge in [0.25, 0.3) is 0 Å². The summed E-state index contributed by atoms with van der Waals surface area (Å²) in [5, 5.41) is 6.67. The van der Waals surface area contributed by atoms with E-state index in [9.17, 15) is 4.79 Å². The van der Waals surface area contributed by atoms with E-state index in [1.54, 1.807) is 0 Å². The van der Waals surface area contributed by atoms with Gasteiger partial charge in [0.2, 0.25) is 5.91 Å². The lowest BCUT2D eigenvalue weighted by molar-refractivity contribution is -0.122. The highest BCUT2D eigenvalue weighted by molar-refractivity contribution is 5.75. The third kappa shape index (κ3) is 3.62. The Morgan fingerprint density at radius 3 is 2.69 bits per heavy atom. The van der Waals surface area contributed by atoms with Gasteiger partial charge in [-0.15, -0.1) is 0 Å². The number of nitrogens with one attached hydrogen (secondary N) is 1. The largest absolute Gasteiger partial charge is 0.353 e. The monoisotopic (exact) mass is 225 g/mol. The van der Waals surface area contributed by atoms with E-state index in [1.807, 2.05) is 13.8 Å². The second-order valence-corrected chi connectivity index (χ2v) is 3.94. The number of hydrogen-bond acceptors (Lipinski definition) is 4. The summed E-state index contributed by atoms with van der Waals surface area (Å²) in [6, 6.07) is 0. The van der Waals surface area contributed by atoms with Crippen LogP contribution in [0, 0.1) is 0 Å². The van der Waals surface area contributed by atoms with Crippen molar-refractivity contribution >= 4 is 5.91 Å². The highest BCUT2D eigenvalue weighted by Gasteiger charge is 2.20. The molecule has 16 heavy (non-hydrogen) atoms. The quantitative estimate of drug-likeness (QED) is 0.708. The number of aromatic nitrogens is 3. The molecule has 0 spiro atoms. The molecule has 1 rings (SSSR count). The van der Waals surface area contributed by atoms with Crippen molar-refractivity contribution in [2.75, 3.05) is 6.54 Å². The molecule has 1 amide bonds. The second-order valence-electron chi connectivity index (χ2n) is 3.94. The van der Waals surface area contributed by atoms with Gasteiger partial charge in [0.05, 0.1) is 0 Å². The predicted molar refractivity (Wildman–Crippen MR) is 60.5 cm³/mol. The average molecular weight is 225 g/mol. The Hall–Kier alpha value is -1.43. The molecule has 0 unspecified atom stereocenters. The summed E-state index contributed by atoms with van der Waals surface area (Å²) in [7, 11) is 0. The molecule has 0 aromatic carbocycles. The first-order valence-corrected chi connectivity index (χ1v) is 5.47. The van der Waals surface area contributed by atoms with Crippen molar-refractivity contribution in [3.05, 3.63) is 12.7 Å². The van der Waals surface area contributed by atoms with Gasteiger partial charge >= 0.3 is 0 Å². The molecule has 1 heterocycles. The van der Waals surface area contributed by atoms with Crippen molar-refractivity contribution in [3.63, 3.8) is 0 Å². The van der Waals surface area contributed by atoms with Crippen LogP contribution < -0.4 is 11.1 Å². The second kappa shape index (κ2) is 5.60. The van der Waals surface area contributed by atoms with Crippen LogP contribution in [0.5, 0.6) is 0 Å². The van der Waals surface area contributed by atoms with E-state index in [0.29, 0.717) is 6.54 Å². The highest BCUT2D eigenvalue weighted by atomic mass is 16.2. The third-order valence-corrected chi connectivity index (χ3v) is 2.82. The molecule has 3 N–H and O–H groups in total. The lowest BCUT2D eigenvalue weighted by Crippen LogP contribution is -2.49. The summed E-state index contributed by atoms with van der Waals surface area (Å²) >= 11 is 0. The predicted octanol–water partition coefficient (Wildman–Crippen LogP) is -0.0882. The van der Waals surface area contributed by atoms with Crippen molar-refractivity contribution in [1.29, 1.82) is 0 Å². The van der Waals surface area contributed by atoms with Gasteiger partial charge in [0.1, 0.15) is 19.2 Å². The van der Waals surface area contributed by atoms with E-state index in [1.165, 1.54) is 17.3 Å². The van der Waals surface area contributed by atoms with Gasteiger partial charge < -0.3 is 11.1 Å². The van der Waals surface area contributed by atoms with Crippen LogP contribution in [-0.4, -0.2) is 32.8 Å². The zero-order chi connectivity index (χ0) is 12.0. The molecule has 1 aromatic rings. The van der Waals surface area contributed by atoms with Crippen molar-refractivity contribution in [1.82, 2.24) is 20.1 Å². The first-order chi connectivity index (χ1) is 7.59. The summed E-state index contributed by atoms with van der Waals surface area (Å²) in [6.45, 7) is 4.72. The van der Waals surface area contributed by atoms with Gasteiger partial charge in [-0.25, -0.2) is 9.67 Å². The molecular formula is C10H19N5O. The molecule has 0 aliphatic rings. The van der Waals surface area contributed by atoms with Gasteiger partial charge in [-0.05, 0) is 12.8 Å². The number of nitrogens with zero attached hydrogens (tertiary/aromatic N) is 3. The standard InChI is InChI=1S/C10H19N5O/c1-3-10(11,4-2)6-13-9(16)5-15-8-12-7-14-15/h7-8H,3-6,11H2,1-2H3,(H,13,16). The molecule has 6 heteroatoms. The molecule has 90 valence electrons. The third-order valence-electron chi connectivity index (χ3n) is 2.82. The molecule has 0 aliphatic carbocycles. The Morgan fingerprint density at radius 1 is 1.50 bits per heavy atom. The molecule has 1 aromatic heterocycles. The van der Waals surface area contributed by atoms with Crippen molar-refractivity contribution in [3.8, 4) is 0 Å². The Balaban J connectivity index is 2.35. The van der Waals surface area contributed by atoms with E-state index >= 15 is 0 Å². The number of carbonyl (C=O) groups excluding carboxylic acids is 1. The van der Waals surface area contributed by atoms with Gasteiger partial charge in [0, 0.05) is 12.1 Å². The minimum atomic E-state index is -0.308. The summed E-state index contributed by atoms with van der Waals surface area (Å²) in [5.41, 5.74) is 5.76. The number of amides is 1. The van der Waals surface area contributed by atoms with Crippen LogP contribution in [0.1, 0.15) is 26.7 Å². The fourth-order valence-electron chi connectivity index (χ4n) is 1.29. The first kappa shape index (κ1) is 12.6.